The molecule has 0 saturated heterocycles. The molecule has 5 heteroatoms. The van der Waals surface area contributed by atoms with Crippen LogP contribution in [-0.4, -0.2) is 17.1 Å². The minimum absolute atomic E-state index is 0.0255. The smallest absolute Gasteiger partial charge is 0.252 e. The number of aryl methyl sites for hydroxylation is 3. The zero-order valence-corrected chi connectivity index (χ0v) is 17.4. The van der Waals surface area contributed by atoms with Crippen LogP contribution in [0.15, 0.2) is 64.0 Å². The second kappa shape index (κ2) is 9.60. The van der Waals surface area contributed by atoms with E-state index in [0.717, 1.165) is 40.5 Å². The summed E-state index contributed by atoms with van der Waals surface area (Å²) < 4.78 is 5.23. The number of nitrogens with zero attached hydrogens (tertiary/aromatic N) is 1. The Kier molecular flexibility index (Phi) is 6.93. The normalized spacial score (nSPS) is 12.0. The van der Waals surface area contributed by atoms with Gasteiger partial charge in [-0.2, -0.15) is 0 Å². The predicted octanol–water partition coefficient (Wildman–Crippen LogP) is 5.33. The Hall–Kier alpha value is -2.53. The monoisotopic (exact) mass is 394 g/mol. The van der Waals surface area contributed by atoms with E-state index in [1.54, 1.807) is 11.8 Å². The lowest BCUT2D eigenvalue weighted by Crippen LogP contribution is -2.33. The van der Waals surface area contributed by atoms with Crippen LogP contribution in [0.4, 0.5) is 0 Å². The van der Waals surface area contributed by atoms with Gasteiger partial charge in [-0.05, 0) is 51.3 Å². The van der Waals surface area contributed by atoms with Gasteiger partial charge in [-0.3, -0.25) is 4.79 Å². The highest BCUT2D eigenvalue weighted by Crippen LogP contribution is 2.28. The van der Waals surface area contributed by atoms with E-state index in [-0.39, 0.29) is 11.9 Å². The summed E-state index contributed by atoms with van der Waals surface area (Å²) in [6, 6.07) is 18.2. The predicted molar refractivity (Wildman–Crippen MR) is 114 cm³/mol. The van der Waals surface area contributed by atoms with Crippen molar-refractivity contribution in [3.63, 3.8) is 0 Å². The lowest BCUT2D eigenvalue weighted by atomic mass is 10.1. The molecule has 1 heterocycles. The van der Waals surface area contributed by atoms with Crippen LogP contribution in [-0.2, 0) is 12.2 Å². The van der Waals surface area contributed by atoms with Gasteiger partial charge in [0.1, 0.15) is 5.76 Å². The average molecular weight is 395 g/mol. The quantitative estimate of drug-likeness (QED) is 0.524. The van der Waals surface area contributed by atoms with Gasteiger partial charge in [-0.25, -0.2) is 0 Å². The second-order valence-corrected chi connectivity index (χ2v) is 8.00. The van der Waals surface area contributed by atoms with Crippen LogP contribution in [0.25, 0.3) is 0 Å². The molecule has 0 bridgehead atoms. The number of benzene rings is 2. The molecule has 3 rings (SSSR count). The fourth-order valence-electron chi connectivity index (χ4n) is 3.04. The molecule has 146 valence electrons. The number of carbonyl (C=O) groups is 1. The summed E-state index contributed by atoms with van der Waals surface area (Å²) in [6.45, 7) is 5.92. The maximum atomic E-state index is 12.8. The topological polar surface area (TPSA) is 55.1 Å². The number of hydrogen-bond donors (Lipinski definition) is 1. The molecule has 0 aliphatic carbocycles. The SMILES string of the molecule is Cc1noc(C)c1CSc1ccccc1C(=O)NC(C)CCc1ccccc1. The van der Waals surface area contributed by atoms with Gasteiger partial charge in [0.2, 0.25) is 0 Å². The number of hydrogen-bond acceptors (Lipinski definition) is 4. The molecular formula is C23H26N2O2S. The fraction of sp³-hybridized carbons (Fsp3) is 0.304. The Morgan fingerprint density at radius 3 is 2.54 bits per heavy atom. The highest BCUT2D eigenvalue weighted by molar-refractivity contribution is 7.98. The number of amides is 1. The molecule has 4 nitrogen and oxygen atoms in total. The molecule has 0 aliphatic rings. The van der Waals surface area contributed by atoms with Crippen LogP contribution in [0.3, 0.4) is 0 Å². The van der Waals surface area contributed by atoms with E-state index in [0.29, 0.717) is 5.56 Å². The Bertz CT molecular complexity index is 902. The molecule has 1 N–H and O–H groups in total. The van der Waals surface area contributed by atoms with Crippen molar-refractivity contribution in [3.05, 3.63) is 82.7 Å². The molecule has 0 spiro atoms. The average Bonchev–Trinajstić information content (AvgIpc) is 3.03. The molecule has 0 saturated carbocycles. The van der Waals surface area contributed by atoms with Crippen LogP contribution >= 0.6 is 11.8 Å². The van der Waals surface area contributed by atoms with Crippen LogP contribution in [0, 0.1) is 13.8 Å². The van der Waals surface area contributed by atoms with E-state index < -0.39 is 0 Å². The zero-order valence-electron chi connectivity index (χ0n) is 16.6. The third kappa shape index (κ3) is 5.26. The van der Waals surface area contributed by atoms with E-state index in [2.05, 4.69) is 29.5 Å². The van der Waals surface area contributed by atoms with E-state index in [9.17, 15) is 4.79 Å². The second-order valence-electron chi connectivity index (χ2n) is 6.99. The third-order valence-corrected chi connectivity index (χ3v) is 5.87. The first kappa shape index (κ1) is 20.2. The van der Waals surface area contributed by atoms with Gasteiger partial charge in [0.15, 0.2) is 0 Å². The number of thioether (sulfide) groups is 1. The summed E-state index contributed by atoms with van der Waals surface area (Å²) >= 11 is 1.64. The van der Waals surface area contributed by atoms with E-state index in [4.69, 9.17) is 4.52 Å². The van der Waals surface area contributed by atoms with Crippen LogP contribution < -0.4 is 5.32 Å². The molecule has 0 radical (unpaired) electrons. The molecule has 1 unspecified atom stereocenters. The standard InChI is InChI=1S/C23H26N2O2S/c1-16(13-14-19-9-5-4-6-10-19)24-23(26)20-11-7-8-12-22(20)28-15-21-17(2)25-27-18(21)3/h4-12,16H,13-15H2,1-3H3,(H,24,26). The van der Waals surface area contributed by atoms with Gasteiger partial charge >= 0.3 is 0 Å². The van der Waals surface area contributed by atoms with Crippen molar-refractivity contribution in [1.29, 1.82) is 0 Å². The van der Waals surface area contributed by atoms with E-state index in [1.165, 1.54) is 5.56 Å². The number of rotatable bonds is 8. The van der Waals surface area contributed by atoms with E-state index >= 15 is 0 Å². The molecule has 1 amide bonds. The van der Waals surface area contributed by atoms with Crippen molar-refractivity contribution in [1.82, 2.24) is 10.5 Å². The lowest BCUT2D eigenvalue weighted by molar-refractivity contribution is 0.0935. The summed E-state index contributed by atoms with van der Waals surface area (Å²) in [4.78, 5) is 13.8. The first-order valence-corrected chi connectivity index (χ1v) is 10.5. The molecule has 1 atom stereocenters. The van der Waals surface area contributed by atoms with Crippen LogP contribution in [0.1, 0.15) is 46.3 Å². The van der Waals surface area contributed by atoms with Gasteiger partial charge in [-0.15, -0.1) is 11.8 Å². The largest absolute Gasteiger partial charge is 0.361 e. The lowest BCUT2D eigenvalue weighted by Gasteiger charge is -2.15. The van der Waals surface area contributed by atoms with Crippen molar-refractivity contribution >= 4 is 17.7 Å². The Morgan fingerprint density at radius 2 is 1.82 bits per heavy atom. The van der Waals surface area contributed by atoms with Gasteiger partial charge in [0.05, 0.1) is 11.3 Å². The summed E-state index contributed by atoms with van der Waals surface area (Å²) in [5.74, 6) is 1.54. The van der Waals surface area contributed by atoms with Crippen molar-refractivity contribution < 1.29 is 9.32 Å². The molecule has 0 aliphatic heterocycles. The Morgan fingerprint density at radius 1 is 1.11 bits per heavy atom. The molecular weight excluding hydrogens is 368 g/mol. The van der Waals surface area contributed by atoms with Gasteiger partial charge < -0.3 is 9.84 Å². The fourth-order valence-corrected chi connectivity index (χ4v) is 4.24. The van der Waals surface area contributed by atoms with Gasteiger partial charge in [-0.1, -0.05) is 47.6 Å². The zero-order chi connectivity index (χ0) is 19.9. The highest BCUT2D eigenvalue weighted by Gasteiger charge is 2.16. The van der Waals surface area contributed by atoms with Crippen molar-refractivity contribution in [2.75, 3.05) is 0 Å². The number of carbonyl (C=O) groups excluding carboxylic acids is 1. The molecule has 1 aromatic heterocycles. The van der Waals surface area contributed by atoms with Crippen molar-refractivity contribution in [3.8, 4) is 0 Å². The molecule has 2 aromatic carbocycles. The van der Waals surface area contributed by atoms with Crippen LogP contribution in [0.5, 0.6) is 0 Å². The first-order valence-electron chi connectivity index (χ1n) is 9.53. The van der Waals surface area contributed by atoms with E-state index in [1.807, 2.05) is 56.3 Å². The summed E-state index contributed by atoms with van der Waals surface area (Å²) in [5, 5.41) is 7.14. The summed E-state index contributed by atoms with van der Waals surface area (Å²) in [6.07, 6.45) is 1.86. The number of aromatic nitrogens is 1. The van der Waals surface area contributed by atoms with Crippen LogP contribution in [0.2, 0.25) is 0 Å². The Labute approximate surface area is 170 Å². The molecule has 3 aromatic rings. The van der Waals surface area contributed by atoms with Crippen molar-refractivity contribution in [2.45, 2.75) is 50.3 Å². The summed E-state index contributed by atoms with van der Waals surface area (Å²) in [5.41, 5.74) is 4.00. The minimum Gasteiger partial charge on any atom is -0.361 e. The van der Waals surface area contributed by atoms with Gasteiger partial charge in [0, 0.05) is 22.3 Å². The Balaban J connectivity index is 1.60. The molecule has 28 heavy (non-hydrogen) atoms. The maximum absolute atomic E-state index is 12.8. The highest BCUT2D eigenvalue weighted by atomic mass is 32.2. The maximum Gasteiger partial charge on any atom is 0.252 e. The molecule has 0 fully saturated rings. The minimum atomic E-state index is -0.0255. The summed E-state index contributed by atoms with van der Waals surface area (Å²) in [7, 11) is 0. The van der Waals surface area contributed by atoms with Crippen molar-refractivity contribution in [2.24, 2.45) is 0 Å². The van der Waals surface area contributed by atoms with Gasteiger partial charge in [0.25, 0.3) is 5.91 Å². The first-order chi connectivity index (χ1) is 13.5. The number of nitrogens with one attached hydrogen (secondary N) is 1. The third-order valence-electron chi connectivity index (χ3n) is 4.77.